The highest BCUT2D eigenvalue weighted by atomic mass is 28.4. The van der Waals surface area contributed by atoms with Crippen LogP contribution in [0.1, 0.15) is 26.3 Å². The summed E-state index contributed by atoms with van der Waals surface area (Å²) in [4.78, 5) is 3.02. The smallest absolute Gasteiger partial charge is 0.262 e. The Morgan fingerprint density at radius 3 is 1.92 bits per heavy atom. The first-order valence-corrected chi connectivity index (χ1v) is 14.6. The minimum Gasteiger partial charge on any atom is -0.497 e. The van der Waals surface area contributed by atoms with Gasteiger partial charge in [-0.15, -0.1) is 0 Å². The van der Waals surface area contributed by atoms with Crippen LogP contribution in [0.5, 0.6) is 5.75 Å². The fourth-order valence-electron chi connectivity index (χ4n) is 5.10. The van der Waals surface area contributed by atoms with Crippen LogP contribution >= 0.6 is 0 Å². The van der Waals surface area contributed by atoms with Crippen molar-refractivity contribution in [1.82, 2.24) is 0 Å². The molecule has 0 saturated heterocycles. The highest BCUT2D eigenvalue weighted by molar-refractivity contribution is 6.99. The average molecular weight is 530 g/mol. The maximum atomic E-state index is 11.5. The van der Waals surface area contributed by atoms with E-state index in [0.29, 0.717) is 6.61 Å². The van der Waals surface area contributed by atoms with Gasteiger partial charge in [0.25, 0.3) is 8.32 Å². The Morgan fingerprint density at radius 1 is 0.868 bits per heavy atom. The summed E-state index contributed by atoms with van der Waals surface area (Å²) in [6.07, 6.45) is 1.34. The van der Waals surface area contributed by atoms with Crippen molar-refractivity contribution in [2.24, 2.45) is 5.11 Å². The predicted molar refractivity (Wildman–Crippen MR) is 152 cm³/mol. The third kappa shape index (κ3) is 5.70. The summed E-state index contributed by atoms with van der Waals surface area (Å²) in [5.41, 5.74) is 10.3. The van der Waals surface area contributed by atoms with E-state index in [9.17, 15) is 10.6 Å². The van der Waals surface area contributed by atoms with Gasteiger partial charge in [0.1, 0.15) is 5.75 Å². The van der Waals surface area contributed by atoms with Crippen molar-refractivity contribution in [3.05, 3.63) is 113 Å². The molecule has 1 N–H and O–H groups in total. The van der Waals surface area contributed by atoms with E-state index in [1.165, 1.54) is 0 Å². The molecule has 3 aromatic carbocycles. The Morgan fingerprint density at radius 2 is 1.42 bits per heavy atom. The van der Waals surface area contributed by atoms with Gasteiger partial charge in [-0.25, -0.2) is 0 Å². The van der Waals surface area contributed by atoms with E-state index in [0.717, 1.165) is 21.7 Å². The lowest BCUT2D eigenvalue weighted by Crippen LogP contribution is -2.69. The van der Waals surface area contributed by atoms with Crippen molar-refractivity contribution in [1.29, 1.82) is 0 Å². The fraction of sp³-hybridized carbons (Fsp3) is 0.333. The van der Waals surface area contributed by atoms with Gasteiger partial charge >= 0.3 is 0 Å². The maximum Gasteiger partial charge on any atom is 0.262 e. The summed E-state index contributed by atoms with van der Waals surface area (Å²) < 4.78 is 18.4. The van der Waals surface area contributed by atoms with Crippen molar-refractivity contribution < 1.29 is 19.0 Å². The number of benzene rings is 3. The van der Waals surface area contributed by atoms with Crippen LogP contribution < -0.4 is 15.1 Å². The van der Waals surface area contributed by atoms with E-state index in [4.69, 9.17) is 13.9 Å². The number of hydrogen-bond acceptors (Lipinski definition) is 5. The van der Waals surface area contributed by atoms with Crippen LogP contribution in [0.4, 0.5) is 0 Å². The maximum absolute atomic E-state index is 11.5. The lowest BCUT2D eigenvalue weighted by atomic mass is 9.94. The Kier molecular flexibility index (Phi) is 8.71. The SMILES string of the molecule is COc1ccc(CO[C@@H]2C=C[C@@H](O[Si](c3ccccc3)(c3ccccc3)C(C)(C)C)[C@@H](O)[C@@H]2N=[N+]=[N-])cc1. The number of nitrogens with zero attached hydrogens (tertiary/aromatic N) is 3. The van der Waals surface area contributed by atoms with E-state index in [1.54, 1.807) is 7.11 Å². The normalized spacial score (nSPS) is 21.5. The Labute approximate surface area is 225 Å². The topological polar surface area (TPSA) is 96.7 Å². The zero-order valence-corrected chi connectivity index (χ0v) is 23.3. The van der Waals surface area contributed by atoms with Crippen LogP contribution in [0.25, 0.3) is 10.4 Å². The molecule has 1 aliphatic carbocycles. The second kappa shape index (κ2) is 12.0. The Bertz CT molecular complexity index is 1220. The van der Waals surface area contributed by atoms with Crippen LogP contribution in [-0.4, -0.2) is 44.9 Å². The molecule has 0 unspecified atom stereocenters. The highest BCUT2D eigenvalue weighted by Crippen LogP contribution is 2.39. The van der Waals surface area contributed by atoms with Gasteiger partial charge in [0.15, 0.2) is 0 Å². The molecule has 0 spiro atoms. The van der Waals surface area contributed by atoms with Crippen LogP contribution in [0.2, 0.25) is 5.04 Å². The molecule has 8 heteroatoms. The van der Waals surface area contributed by atoms with Crippen LogP contribution in [0, 0.1) is 0 Å². The quantitative estimate of drug-likeness (QED) is 0.137. The third-order valence-electron chi connectivity index (χ3n) is 7.03. The largest absolute Gasteiger partial charge is 0.497 e. The van der Waals surface area contributed by atoms with Crippen molar-refractivity contribution in [3.8, 4) is 5.75 Å². The van der Waals surface area contributed by atoms with Gasteiger partial charge in [-0.05, 0) is 38.6 Å². The predicted octanol–water partition coefficient (Wildman–Crippen LogP) is 5.14. The van der Waals surface area contributed by atoms with E-state index in [2.05, 4.69) is 55.1 Å². The monoisotopic (exact) mass is 529 g/mol. The first-order chi connectivity index (χ1) is 18.3. The standard InChI is InChI=1S/C30H35N3O4Si/c1-30(2,3)38(24-11-7-5-8-12-24,25-13-9-6-10-14-25)37-27-20-19-26(28(29(27)34)32-33-31)36-21-22-15-17-23(35-4)18-16-22/h5-20,26-29,34H,21H2,1-4H3/t26-,27-,28-,29-/m1/s1. The molecule has 0 fully saturated rings. The number of rotatable bonds is 9. The molecule has 0 heterocycles. The van der Waals surface area contributed by atoms with Gasteiger partial charge in [-0.2, -0.15) is 0 Å². The molecular formula is C30H35N3O4Si. The molecule has 0 bridgehead atoms. The van der Waals surface area contributed by atoms with Crippen molar-refractivity contribution in [2.45, 2.75) is 56.8 Å². The summed E-state index contributed by atoms with van der Waals surface area (Å²) in [6, 6.07) is 27.2. The number of aliphatic hydroxyl groups excluding tert-OH is 1. The van der Waals surface area contributed by atoms with Crippen molar-refractivity contribution >= 4 is 18.7 Å². The first-order valence-electron chi connectivity index (χ1n) is 12.7. The van der Waals surface area contributed by atoms with E-state index >= 15 is 0 Å². The molecule has 4 atom stereocenters. The van der Waals surface area contributed by atoms with Gasteiger partial charge in [-0.3, -0.25) is 0 Å². The van der Waals surface area contributed by atoms with Crippen molar-refractivity contribution in [3.63, 3.8) is 0 Å². The van der Waals surface area contributed by atoms with Gasteiger partial charge in [0.05, 0.1) is 38.1 Å². The molecule has 0 aliphatic heterocycles. The third-order valence-corrected chi connectivity index (χ3v) is 12.1. The minimum atomic E-state index is -2.93. The zero-order chi connectivity index (χ0) is 27.2. The number of aliphatic hydroxyl groups is 1. The molecule has 1 aliphatic rings. The molecule has 198 valence electrons. The van der Waals surface area contributed by atoms with E-state index in [-0.39, 0.29) is 5.04 Å². The van der Waals surface area contributed by atoms with E-state index in [1.807, 2.05) is 72.8 Å². The molecule has 0 aromatic heterocycles. The molecule has 7 nitrogen and oxygen atoms in total. The van der Waals surface area contributed by atoms with Crippen LogP contribution in [0.3, 0.4) is 0 Å². The molecule has 3 aromatic rings. The number of azide groups is 1. The number of methoxy groups -OCH3 is 1. The van der Waals surface area contributed by atoms with Crippen LogP contribution in [-0.2, 0) is 15.8 Å². The van der Waals surface area contributed by atoms with Gasteiger partial charge in [0, 0.05) is 4.91 Å². The second-order valence-corrected chi connectivity index (χ2v) is 14.7. The Hall–Kier alpha value is -3.39. The molecule has 0 amide bonds. The molecule has 0 radical (unpaired) electrons. The van der Waals surface area contributed by atoms with E-state index < -0.39 is 32.7 Å². The minimum absolute atomic E-state index is 0.265. The lowest BCUT2D eigenvalue weighted by molar-refractivity contribution is -0.0304. The molecule has 4 rings (SSSR count). The zero-order valence-electron chi connectivity index (χ0n) is 22.3. The summed E-state index contributed by atoms with van der Waals surface area (Å²) >= 11 is 0. The summed E-state index contributed by atoms with van der Waals surface area (Å²) in [5.74, 6) is 0.761. The second-order valence-electron chi connectivity index (χ2n) is 10.4. The van der Waals surface area contributed by atoms with Gasteiger partial charge < -0.3 is 19.0 Å². The number of ether oxygens (including phenoxy) is 2. The average Bonchev–Trinajstić information content (AvgIpc) is 2.93. The first kappa shape index (κ1) is 27.6. The summed E-state index contributed by atoms with van der Waals surface area (Å²) in [5, 5.41) is 17.4. The molecule has 38 heavy (non-hydrogen) atoms. The Balaban J connectivity index is 1.67. The van der Waals surface area contributed by atoms with Crippen molar-refractivity contribution in [2.75, 3.05) is 7.11 Å². The molecule has 0 saturated carbocycles. The van der Waals surface area contributed by atoms with Gasteiger partial charge in [-0.1, -0.05) is 111 Å². The fourth-order valence-corrected chi connectivity index (χ4v) is 9.74. The van der Waals surface area contributed by atoms with Crippen LogP contribution in [0.15, 0.2) is 102 Å². The summed E-state index contributed by atoms with van der Waals surface area (Å²) in [6.45, 7) is 6.85. The van der Waals surface area contributed by atoms with Gasteiger partial charge in [0.2, 0.25) is 0 Å². The lowest BCUT2D eigenvalue weighted by Gasteiger charge is -2.47. The number of hydrogen-bond donors (Lipinski definition) is 1. The molecular weight excluding hydrogens is 494 g/mol. The highest BCUT2D eigenvalue weighted by Gasteiger charge is 2.53. The summed E-state index contributed by atoms with van der Waals surface area (Å²) in [7, 11) is -1.31.